The Balaban J connectivity index is 1.82. The molecule has 1 aliphatic heterocycles. The number of anilines is 1. The van der Waals surface area contributed by atoms with Crippen molar-refractivity contribution in [3.8, 4) is 0 Å². The molecule has 0 aromatic carbocycles. The summed E-state index contributed by atoms with van der Waals surface area (Å²) in [5, 5.41) is 3.75. The van der Waals surface area contributed by atoms with Crippen LogP contribution < -0.4 is 5.32 Å². The fraction of sp³-hybridized carbons (Fsp3) is 0.692. The van der Waals surface area contributed by atoms with Crippen molar-refractivity contribution < 1.29 is 4.74 Å². The highest BCUT2D eigenvalue weighted by Gasteiger charge is 2.10. The zero-order valence-corrected chi connectivity index (χ0v) is 12.1. The van der Waals surface area contributed by atoms with E-state index in [-0.39, 0.29) is 0 Å². The fourth-order valence-corrected chi connectivity index (χ4v) is 2.36. The van der Waals surface area contributed by atoms with Gasteiger partial charge in [0.1, 0.15) is 17.6 Å². The predicted octanol–water partition coefficient (Wildman–Crippen LogP) is 2.17. The first-order valence-corrected chi connectivity index (χ1v) is 7.23. The Morgan fingerprint density at radius 3 is 2.89 bits per heavy atom. The average molecular weight is 285 g/mol. The minimum atomic E-state index is 0.401. The summed E-state index contributed by atoms with van der Waals surface area (Å²) in [6, 6.07) is 1.75. The number of halogens is 1. The molecule has 1 N–H and O–H groups in total. The van der Waals surface area contributed by atoms with Crippen molar-refractivity contribution in [2.24, 2.45) is 0 Å². The minimum Gasteiger partial charge on any atom is -0.374 e. The van der Waals surface area contributed by atoms with Gasteiger partial charge in [-0.2, -0.15) is 0 Å². The minimum absolute atomic E-state index is 0.401. The van der Waals surface area contributed by atoms with E-state index in [0.717, 1.165) is 18.9 Å². The van der Waals surface area contributed by atoms with Crippen molar-refractivity contribution in [2.75, 3.05) is 38.1 Å². The smallest absolute Gasteiger partial charge is 0.158 e. The third-order valence-electron chi connectivity index (χ3n) is 3.11. The van der Waals surface area contributed by atoms with E-state index in [0.29, 0.717) is 24.2 Å². The number of hydrogen-bond acceptors (Lipinski definition) is 5. The van der Waals surface area contributed by atoms with E-state index in [1.54, 1.807) is 6.07 Å². The summed E-state index contributed by atoms with van der Waals surface area (Å²) >= 11 is 5.98. The van der Waals surface area contributed by atoms with Crippen LogP contribution in [-0.4, -0.2) is 47.7 Å². The number of ether oxygens (including phenoxy) is 1. The van der Waals surface area contributed by atoms with Gasteiger partial charge >= 0.3 is 0 Å². The van der Waals surface area contributed by atoms with E-state index >= 15 is 0 Å². The molecule has 0 atom stereocenters. The van der Waals surface area contributed by atoms with Crippen molar-refractivity contribution in [3.63, 3.8) is 0 Å². The Labute approximate surface area is 119 Å². The monoisotopic (exact) mass is 284 g/mol. The zero-order valence-electron chi connectivity index (χ0n) is 11.4. The van der Waals surface area contributed by atoms with Gasteiger partial charge in [0, 0.05) is 25.8 Å². The second kappa shape index (κ2) is 7.62. The first kappa shape index (κ1) is 14.5. The molecule has 0 unspecified atom stereocenters. The number of nitrogens with one attached hydrogen (secondary N) is 1. The molecule has 0 bridgehead atoms. The Kier molecular flexibility index (Phi) is 5.82. The van der Waals surface area contributed by atoms with Crippen molar-refractivity contribution >= 4 is 17.4 Å². The van der Waals surface area contributed by atoms with Crippen molar-refractivity contribution in [1.82, 2.24) is 14.9 Å². The highest BCUT2D eigenvalue weighted by molar-refractivity contribution is 6.29. The van der Waals surface area contributed by atoms with Gasteiger partial charge in [-0.15, -0.1) is 0 Å². The lowest BCUT2D eigenvalue weighted by atomic mass is 10.4. The van der Waals surface area contributed by atoms with Gasteiger partial charge in [0.25, 0.3) is 0 Å². The average Bonchev–Trinajstić information content (AvgIpc) is 2.89. The molecule has 1 aromatic rings. The van der Waals surface area contributed by atoms with Gasteiger partial charge in [-0.3, -0.25) is 0 Å². The lowest BCUT2D eigenvalue weighted by molar-refractivity contribution is 0.128. The molecule has 0 saturated carbocycles. The van der Waals surface area contributed by atoms with Crippen LogP contribution in [0, 0.1) is 0 Å². The van der Waals surface area contributed by atoms with E-state index < -0.39 is 0 Å². The maximum absolute atomic E-state index is 5.98. The lowest BCUT2D eigenvalue weighted by Crippen LogP contribution is -2.26. The normalized spacial score (nSPS) is 15.9. The topological polar surface area (TPSA) is 50.3 Å². The van der Waals surface area contributed by atoms with Crippen molar-refractivity contribution in [2.45, 2.75) is 26.4 Å². The molecule has 0 spiro atoms. The standard InChI is InChI=1S/C13H21ClN4O/c1-2-19-10-13-16-11(14)9-12(17-13)15-5-8-18-6-3-4-7-18/h9H,2-8,10H2,1H3,(H,15,16,17). The first-order valence-electron chi connectivity index (χ1n) is 6.85. The fourth-order valence-electron chi connectivity index (χ4n) is 2.16. The molecule has 1 aliphatic rings. The lowest BCUT2D eigenvalue weighted by Gasteiger charge is -2.15. The van der Waals surface area contributed by atoms with Crippen LogP contribution >= 0.6 is 11.6 Å². The molecule has 6 heteroatoms. The molecule has 0 aliphatic carbocycles. The second-order valence-electron chi connectivity index (χ2n) is 4.60. The van der Waals surface area contributed by atoms with Crippen LogP contribution in [0.2, 0.25) is 5.15 Å². The van der Waals surface area contributed by atoms with Crippen LogP contribution in [0.15, 0.2) is 6.07 Å². The number of rotatable bonds is 7. The molecular weight excluding hydrogens is 264 g/mol. The molecule has 0 amide bonds. The summed E-state index contributed by atoms with van der Waals surface area (Å²) in [5.74, 6) is 1.40. The Morgan fingerprint density at radius 2 is 2.16 bits per heavy atom. The van der Waals surface area contributed by atoms with Gasteiger partial charge in [-0.1, -0.05) is 11.6 Å². The summed E-state index contributed by atoms with van der Waals surface area (Å²) in [6.45, 7) is 7.33. The van der Waals surface area contributed by atoms with E-state index in [1.165, 1.54) is 25.9 Å². The largest absolute Gasteiger partial charge is 0.374 e. The van der Waals surface area contributed by atoms with Crippen LogP contribution in [0.5, 0.6) is 0 Å². The van der Waals surface area contributed by atoms with E-state index in [2.05, 4.69) is 20.2 Å². The third-order valence-corrected chi connectivity index (χ3v) is 3.30. The molecule has 19 heavy (non-hydrogen) atoms. The second-order valence-corrected chi connectivity index (χ2v) is 4.99. The molecule has 2 rings (SSSR count). The van der Waals surface area contributed by atoms with Gasteiger partial charge in [0.15, 0.2) is 5.82 Å². The molecule has 1 aromatic heterocycles. The first-order chi connectivity index (χ1) is 9.28. The molecule has 1 saturated heterocycles. The Morgan fingerprint density at radius 1 is 1.37 bits per heavy atom. The number of likely N-dealkylation sites (tertiary alicyclic amines) is 1. The summed E-state index contributed by atoms with van der Waals surface area (Å²) in [5.41, 5.74) is 0. The van der Waals surface area contributed by atoms with Crippen molar-refractivity contribution in [1.29, 1.82) is 0 Å². The molecule has 2 heterocycles. The van der Waals surface area contributed by atoms with E-state index in [4.69, 9.17) is 16.3 Å². The number of nitrogens with zero attached hydrogens (tertiary/aromatic N) is 3. The zero-order chi connectivity index (χ0) is 13.5. The van der Waals surface area contributed by atoms with Crippen LogP contribution in [0.3, 0.4) is 0 Å². The molecule has 5 nitrogen and oxygen atoms in total. The summed E-state index contributed by atoms with van der Waals surface area (Å²) < 4.78 is 5.30. The van der Waals surface area contributed by atoms with Gasteiger partial charge < -0.3 is 15.0 Å². The van der Waals surface area contributed by atoms with Crippen LogP contribution in [0.1, 0.15) is 25.6 Å². The van der Waals surface area contributed by atoms with Gasteiger partial charge in [-0.05, 0) is 32.9 Å². The molecular formula is C13H21ClN4O. The molecule has 0 radical (unpaired) electrons. The highest BCUT2D eigenvalue weighted by Crippen LogP contribution is 2.12. The highest BCUT2D eigenvalue weighted by atomic mass is 35.5. The quantitative estimate of drug-likeness (QED) is 0.778. The van der Waals surface area contributed by atoms with E-state index in [9.17, 15) is 0 Å². The Hall–Kier alpha value is -0.910. The Bertz CT molecular complexity index is 396. The van der Waals surface area contributed by atoms with Crippen molar-refractivity contribution in [3.05, 3.63) is 17.0 Å². The number of aromatic nitrogens is 2. The van der Waals surface area contributed by atoms with Gasteiger partial charge in [0.2, 0.25) is 0 Å². The molecule has 1 fully saturated rings. The van der Waals surface area contributed by atoms with E-state index in [1.807, 2.05) is 6.92 Å². The SMILES string of the molecule is CCOCc1nc(Cl)cc(NCCN2CCCC2)n1. The number of hydrogen-bond donors (Lipinski definition) is 1. The summed E-state index contributed by atoms with van der Waals surface area (Å²) in [4.78, 5) is 11.0. The predicted molar refractivity (Wildman–Crippen MR) is 76.5 cm³/mol. The van der Waals surface area contributed by atoms with Crippen LogP contribution in [0.25, 0.3) is 0 Å². The summed E-state index contributed by atoms with van der Waals surface area (Å²) in [6.07, 6.45) is 2.63. The van der Waals surface area contributed by atoms with Crippen LogP contribution in [0.4, 0.5) is 5.82 Å². The summed E-state index contributed by atoms with van der Waals surface area (Å²) in [7, 11) is 0. The molecule has 106 valence electrons. The van der Waals surface area contributed by atoms with Gasteiger partial charge in [-0.25, -0.2) is 9.97 Å². The third kappa shape index (κ3) is 4.93. The van der Waals surface area contributed by atoms with Gasteiger partial charge in [0.05, 0.1) is 0 Å². The maximum Gasteiger partial charge on any atom is 0.158 e. The maximum atomic E-state index is 5.98. The van der Waals surface area contributed by atoms with Crippen LogP contribution in [-0.2, 0) is 11.3 Å².